The maximum Gasteiger partial charge on any atom is 0.273 e. The first-order chi connectivity index (χ1) is 11.0. The van der Waals surface area contributed by atoms with Gasteiger partial charge < -0.3 is 5.32 Å². The molecule has 1 heterocycles. The third-order valence-corrected chi connectivity index (χ3v) is 5.89. The molecule has 0 aliphatic rings. The van der Waals surface area contributed by atoms with Crippen molar-refractivity contribution in [2.45, 2.75) is 12.7 Å². The second kappa shape index (κ2) is 8.47. The number of nitrogens with one attached hydrogen (secondary N) is 1. The summed E-state index contributed by atoms with van der Waals surface area (Å²) in [6, 6.07) is 8.61. The first-order valence-corrected chi connectivity index (χ1v) is 9.59. The maximum atomic E-state index is 12.0. The summed E-state index contributed by atoms with van der Waals surface area (Å²) in [6.45, 7) is 2.18. The average Bonchev–Trinajstić information content (AvgIpc) is 2.92. The average molecular weight is 415 g/mol. The lowest BCUT2D eigenvalue weighted by Gasteiger charge is -2.06. The van der Waals surface area contributed by atoms with E-state index in [2.05, 4.69) is 27.3 Å². The SMILES string of the molecule is Cc1ccc(C(=O)NCCSCc2ccc(Br)s2)cc1[N+](=O)[O-]. The molecular formula is C15H15BrN2O3S2. The van der Waals surface area contributed by atoms with Crippen LogP contribution in [0.15, 0.2) is 34.1 Å². The quantitative estimate of drug-likeness (QED) is 0.414. The summed E-state index contributed by atoms with van der Waals surface area (Å²) in [5.41, 5.74) is 0.828. The van der Waals surface area contributed by atoms with Crippen molar-refractivity contribution >= 4 is 50.6 Å². The van der Waals surface area contributed by atoms with Gasteiger partial charge in [0.25, 0.3) is 11.6 Å². The first-order valence-electron chi connectivity index (χ1n) is 6.82. The van der Waals surface area contributed by atoms with Crippen molar-refractivity contribution in [2.75, 3.05) is 12.3 Å². The van der Waals surface area contributed by atoms with Crippen LogP contribution in [0, 0.1) is 17.0 Å². The second-order valence-corrected chi connectivity index (χ2v) is 8.43. The van der Waals surface area contributed by atoms with Crippen molar-refractivity contribution in [3.8, 4) is 0 Å². The molecule has 1 amide bonds. The second-order valence-electron chi connectivity index (χ2n) is 4.77. The highest BCUT2D eigenvalue weighted by Gasteiger charge is 2.14. The van der Waals surface area contributed by atoms with Gasteiger partial charge in [0.05, 0.1) is 8.71 Å². The van der Waals surface area contributed by atoms with Crippen LogP contribution in [0.1, 0.15) is 20.8 Å². The van der Waals surface area contributed by atoms with Gasteiger partial charge in [0.1, 0.15) is 0 Å². The van der Waals surface area contributed by atoms with Crippen LogP contribution in [-0.2, 0) is 5.75 Å². The van der Waals surface area contributed by atoms with Gasteiger partial charge in [-0.05, 0) is 41.1 Å². The monoisotopic (exact) mass is 414 g/mol. The number of hydrogen-bond donors (Lipinski definition) is 1. The fraction of sp³-hybridized carbons (Fsp3) is 0.267. The molecule has 2 rings (SSSR count). The zero-order chi connectivity index (χ0) is 16.8. The minimum Gasteiger partial charge on any atom is -0.351 e. The molecule has 0 fully saturated rings. The molecule has 1 N–H and O–H groups in total. The topological polar surface area (TPSA) is 72.2 Å². The van der Waals surface area contributed by atoms with Crippen LogP contribution in [0.5, 0.6) is 0 Å². The summed E-state index contributed by atoms with van der Waals surface area (Å²) in [5, 5.41) is 13.7. The number of halogens is 1. The number of thioether (sulfide) groups is 1. The molecule has 8 heteroatoms. The fourth-order valence-corrected chi connectivity index (χ4v) is 4.34. The van der Waals surface area contributed by atoms with Gasteiger partial charge in [-0.3, -0.25) is 14.9 Å². The zero-order valence-corrected chi connectivity index (χ0v) is 15.6. The summed E-state index contributed by atoms with van der Waals surface area (Å²) in [5.74, 6) is 1.41. The van der Waals surface area contributed by atoms with Crippen LogP contribution >= 0.6 is 39.0 Å². The van der Waals surface area contributed by atoms with E-state index in [0.29, 0.717) is 17.7 Å². The van der Waals surface area contributed by atoms with Crippen LogP contribution in [0.25, 0.3) is 0 Å². The molecular weight excluding hydrogens is 400 g/mol. The number of aryl methyl sites for hydroxylation is 1. The Labute approximate surface area is 150 Å². The summed E-state index contributed by atoms with van der Waals surface area (Å²) >= 11 is 6.86. The van der Waals surface area contributed by atoms with E-state index in [4.69, 9.17) is 0 Å². The number of nitro benzene ring substituents is 1. The van der Waals surface area contributed by atoms with Gasteiger partial charge in [0.2, 0.25) is 0 Å². The molecule has 0 spiro atoms. The normalized spacial score (nSPS) is 10.5. The van der Waals surface area contributed by atoms with Gasteiger partial charge in [-0.25, -0.2) is 0 Å². The van der Waals surface area contributed by atoms with E-state index in [0.717, 1.165) is 15.3 Å². The van der Waals surface area contributed by atoms with E-state index < -0.39 is 4.92 Å². The van der Waals surface area contributed by atoms with Crippen LogP contribution < -0.4 is 5.32 Å². The molecule has 23 heavy (non-hydrogen) atoms. The van der Waals surface area contributed by atoms with E-state index in [1.54, 1.807) is 42.2 Å². The molecule has 2 aromatic rings. The van der Waals surface area contributed by atoms with Crippen molar-refractivity contribution in [3.05, 3.63) is 60.2 Å². The molecule has 0 aliphatic carbocycles. The van der Waals surface area contributed by atoms with E-state index in [9.17, 15) is 14.9 Å². The number of amides is 1. The smallest absolute Gasteiger partial charge is 0.273 e. The van der Waals surface area contributed by atoms with Crippen LogP contribution in [0.2, 0.25) is 0 Å². The highest BCUT2D eigenvalue weighted by molar-refractivity contribution is 9.11. The summed E-state index contributed by atoms with van der Waals surface area (Å²) in [4.78, 5) is 23.7. The lowest BCUT2D eigenvalue weighted by Crippen LogP contribution is -2.25. The molecule has 5 nitrogen and oxygen atoms in total. The highest BCUT2D eigenvalue weighted by atomic mass is 79.9. The first kappa shape index (κ1) is 18.0. The van der Waals surface area contributed by atoms with Crippen LogP contribution in [0.3, 0.4) is 0 Å². The lowest BCUT2D eigenvalue weighted by molar-refractivity contribution is -0.385. The maximum absolute atomic E-state index is 12.0. The van der Waals surface area contributed by atoms with Crippen molar-refractivity contribution in [1.29, 1.82) is 0 Å². The Hall–Kier alpha value is -1.38. The largest absolute Gasteiger partial charge is 0.351 e. The van der Waals surface area contributed by atoms with Crippen molar-refractivity contribution in [3.63, 3.8) is 0 Å². The lowest BCUT2D eigenvalue weighted by atomic mass is 10.1. The van der Waals surface area contributed by atoms with Gasteiger partial charge in [-0.2, -0.15) is 11.8 Å². The standard InChI is InChI=1S/C15H15BrN2O3S2/c1-10-2-3-11(8-13(10)18(20)21)15(19)17-6-7-22-9-12-4-5-14(16)23-12/h2-5,8H,6-7,9H2,1H3,(H,17,19). The summed E-state index contributed by atoms with van der Waals surface area (Å²) in [7, 11) is 0. The Kier molecular flexibility index (Phi) is 6.61. The van der Waals surface area contributed by atoms with E-state index >= 15 is 0 Å². The number of carbonyl (C=O) groups excluding carboxylic acids is 1. The Morgan fingerprint density at radius 1 is 1.39 bits per heavy atom. The van der Waals surface area contributed by atoms with E-state index in [-0.39, 0.29) is 11.6 Å². The van der Waals surface area contributed by atoms with Gasteiger partial charge in [-0.1, -0.05) is 6.07 Å². The molecule has 0 saturated heterocycles. The number of nitro groups is 1. The highest BCUT2D eigenvalue weighted by Crippen LogP contribution is 2.25. The van der Waals surface area contributed by atoms with E-state index in [1.165, 1.54) is 10.9 Å². The molecule has 0 atom stereocenters. The number of benzene rings is 1. The van der Waals surface area contributed by atoms with Crippen molar-refractivity contribution in [1.82, 2.24) is 5.32 Å². The van der Waals surface area contributed by atoms with Gasteiger partial charge in [0.15, 0.2) is 0 Å². The van der Waals surface area contributed by atoms with Gasteiger partial charge in [-0.15, -0.1) is 11.3 Å². The molecule has 1 aromatic heterocycles. The van der Waals surface area contributed by atoms with Crippen molar-refractivity contribution in [2.24, 2.45) is 0 Å². The van der Waals surface area contributed by atoms with E-state index in [1.807, 2.05) is 6.07 Å². The summed E-state index contributed by atoms with van der Waals surface area (Å²) in [6.07, 6.45) is 0. The number of thiophene rings is 1. The third kappa shape index (κ3) is 5.33. The Morgan fingerprint density at radius 3 is 2.83 bits per heavy atom. The minimum absolute atomic E-state index is 0.0321. The Balaban J connectivity index is 1.78. The molecule has 0 saturated carbocycles. The number of carbonyl (C=O) groups is 1. The zero-order valence-electron chi connectivity index (χ0n) is 12.4. The van der Waals surface area contributed by atoms with Crippen LogP contribution in [-0.4, -0.2) is 23.1 Å². The predicted octanol–water partition coefficient (Wildman–Crippen LogP) is 4.39. The molecule has 0 unspecified atom stereocenters. The third-order valence-electron chi connectivity index (χ3n) is 3.07. The number of nitrogens with zero attached hydrogens (tertiary/aromatic N) is 1. The molecule has 1 aromatic carbocycles. The Morgan fingerprint density at radius 2 is 2.17 bits per heavy atom. The predicted molar refractivity (Wildman–Crippen MR) is 98.3 cm³/mol. The minimum atomic E-state index is -0.471. The van der Waals surface area contributed by atoms with Gasteiger partial charge >= 0.3 is 0 Å². The van der Waals surface area contributed by atoms with Gasteiger partial charge in [0, 0.05) is 40.1 Å². The van der Waals surface area contributed by atoms with Crippen molar-refractivity contribution < 1.29 is 9.72 Å². The Bertz CT molecular complexity index is 718. The molecule has 0 radical (unpaired) electrons. The molecule has 122 valence electrons. The summed E-state index contributed by atoms with van der Waals surface area (Å²) < 4.78 is 1.11. The number of hydrogen-bond acceptors (Lipinski definition) is 5. The molecule has 0 aliphatic heterocycles. The van der Waals surface area contributed by atoms with Crippen LogP contribution in [0.4, 0.5) is 5.69 Å². The number of rotatable bonds is 7. The molecule has 0 bridgehead atoms. The fourth-order valence-electron chi connectivity index (χ4n) is 1.89.